The van der Waals surface area contributed by atoms with Crippen LogP contribution in [0.25, 0.3) is 0 Å². The molecule has 0 aliphatic carbocycles. The smallest absolute Gasteiger partial charge is 0.222 e. The van der Waals surface area contributed by atoms with Crippen molar-refractivity contribution in [2.75, 3.05) is 24.2 Å². The Balaban J connectivity index is 2.25. The number of ether oxygens (including phenoxy) is 1. The average Bonchev–Trinajstić information content (AvgIpc) is 2.56. The van der Waals surface area contributed by atoms with E-state index in [0.717, 1.165) is 47.8 Å². The van der Waals surface area contributed by atoms with Gasteiger partial charge in [-0.3, -0.25) is 0 Å². The number of unbranched alkanes of at least 4 members (excludes halogenated alkanes) is 2. The number of nitrogens with zero attached hydrogens (tertiary/aromatic N) is 2. The van der Waals surface area contributed by atoms with Crippen LogP contribution in [0.4, 0.5) is 11.8 Å². The van der Waals surface area contributed by atoms with Crippen molar-refractivity contribution in [1.82, 2.24) is 9.97 Å². The molecule has 0 aliphatic heterocycles. The first-order chi connectivity index (χ1) is 11.7. The van der Waals surface area contributed by atoms with Crippen LogP contribution in [-0.2, 0) is 6.42 Å². The van der Waals surface area contributed by atoms with Gasteiger partial charge < -0.3 is 15.8 Å². The number of rotatable bonds is 9. The van der Waals surface area contributed by atoms with E-state index in [4.69, 9.17) is 10.5 Å². The minimum atomic E-state index is 0.312. The lowest BCUT2D eigenvalue weighted by Crippen LogP contribution is -2.12. The van der Waals surface area contributed by atoms with E-state index in [1.807, 2.05) is 32.0 Å². The minimum Gasteiger partial charge on any atom is -0.494 e. The third kappa shape index (κ3) is 4.85. The van der Waals surface area contributed by atoms with E-state index in [0.29, 0.717) is 12.6 Å². The fourth-order valence-corrected chi connectivity index (χ4v) is 2.69. The second-order valence-corrected chi connectivity index (χ2v) is 5.85. The third-order valence-electron chi connectivity index (χ3n) is 3.94. The molecule has 5 heteroatoms. The first-order valence-electron chi connectivity index (χ1n) is 8.73. The van der Waals surface area contributed by atoms with Gasteiger partial charge in [-0.15, -0.1) is 0 Å². The molecule has 0 spiro atoms. The van der Waals surface area contributed by atoms with Gasteiger partial charge in [0.25, 0.3) is 0 Å². The van der Waals surface area contributed by atoms with Gasteiger partial charge in [0.15, 0.2) is 0 Å². The summed E-state index contributed by atoms with van der Waals surface area (Å²) in [6.07, 6.45) is 4.24. The van der Waals surface area contributed by atoms with Gasteiger partial charge in [-0.05, 0) is 31.9 Å². The Kier molecular flexibility index (Phi) is 6.85. The number of nitrogen functional groups attached to an aromatic ring is 1. The third-order valence-corrected chi connectivity index (χ3v) is 3.94. The highest BCUT2D eigenvalue weighted by atomic mass is 16.5. The minimum absolute atomic E-state index is 0.312. The number of hydrogen-bond donors (Lipinski definition) is 2. The fraction of sp³-hybridized carbons (Fsp3) is 0.474. The van der Waals surface area contributed by atoms with Crippen molar-refractivity contribution in [3.63, 3.8) is 0 Å². The lowest BCUT2D eigenvalue weighted by Gasteiger charge is -2.16. The molecular formula is C19H28N4O. The van der Waals surface area contributed by atoms with Gasteiger partial charge in [0, 0.05) is 24.2 Å². The monoisotopic (exact) mass is 328 g/mol. The zero-order valence-electron chi connectivity index (χ0n) is 14.9. The molecule has 130 valence electrons. The van der Waals surface area contributed by atoms with Gasteiger partial charge in [-0.2, -0.15) is 4.98 Å². The van der Waals surface area contributed by atoms with Crippen LogP contribution in [0, 0.1) is 6.92 Å². The lowest BCUT2D eigenvalue weighted by atomic mass is 10.0. The summed E-state index contributed by atoms with van der Waals surface area (Å²) >= 11 is 0. The molecule has 0 amide bonds. The Bertz CT molecular complexity index is 658. The van der Waals surface area contributed by atoms with Crippen LogP contribution in [0.3, 0.4) is 0 Å². The first kappa shape index (κ1) is 18.0. The molecule has 1 heterocycles. The molecule has 3 N–H and O–H groups in total. The molecular weight excluding hydrogens is 300 g/mol. The Morgan fingerprint density at radius 1 is 1.12 bits per heavy atom. The van der Waals surface area contributed by atoms with Crippen LogP contribution >= 0.6 is 0 Å². The van der Waals surface area contributed by atoms with E-state index in [1.54, 1.807) is 0 Å². The number of para-hydroxylation sites is 1. The number of benzene rings is 1. The summed E-state index contributed by atoms with van der Waals surface area (Å²) < 4.78 is 5.74. The second kappa shape index (κ2) is 9.11. The van der Waals surface area contributed by atoms with Crippen LogP contribution in [0.5, 0.6) is 5.75 Å². The Labute approximate surface area is 144 Å². The summed E-state index contributed by atoms with van der Waals surface area (Å²) in [6, 6.07) is 8.10. The molecule has 0 aliphatic rings. The zero-order valence-corrected chi connectivity index (χ0v) is 14.9. The summed E-state index contributed by atoms with van der Waals surface area (Å²) in [6.45, 7) is 7.71. The lowest BCUT2D eigenvalue weighted by molar-refractivity contribution is 0.337. The molecule has 1 aromatic carbocycles. The van der Waals surface area contributed by atoms with Crippen molar-refractivity contribution in [2.45, 2.75) is 46.5 Å². The van der Waals surface area contributed by atoms with Gasteiger partial charge in [-0.1, -0.05) is 38.0 Å². The highest BCUT2D eigenvalue weighted by Crippen LogP contribution is 2.26. The molecule has 2 aromatic rings. The van der Waals surface area contributed by atoms with Crippen LogP contribution < -0.4 is 15.8 Å². The average molecular weight is 328 g/mol. The van der Waals surface area contributed by atoms with Crippen molar-refractivity contribution in [2.24, 2.45) is 0 Å². The van der Waals surface area contributed by atoms with Gasteiger partial charge in [-0.25, -0.2) is 4.98 Å². The molecule has 0 bridgehead atoms. The van der Waals surface area contributed by atoms with Crippen molar-refractivity contribution < 1.29 is 4.74 Å². The highest BCUT2D eigenvalue weighted by Gasteiger charge is 2.13. The summed E-state index contributed by atoms with van der Waals surface area (Å²) in [5, 5.41) is 3.43. The van der Waals surface area contributed by atoms with E-state index < -0.39 is 0 Å². The Hall–Kier alpha value is -2.30. The predicted molar refractivity (Wildman–Crippen MR) is 99.6 cm³/mol. The maximum atomic E-state index is 5.84. The molecule has 2 rings (SSSR count). The molecule has 1 aromatic heterocycles. The largest absolute Gasteiger partial charge is 0.494 e. The van der Waals surface area contributed by atoms with Crippen molar-refractivity contribution in [3.05, 3.63) is 41.1 Å². The number of aromatic nitrogens is 2. The zero-order chi connectivity index (χ0) is 17.4. The summed E-state index contributed by atoms with van der Waals surface area (Å²) in [5.41, 5.74) is 8.96. The molecule has 0 radical (unpaired) electrons. The molecule has 0 atom stereocenters. The Morgan fingerprint density at radius 2 is 1.92 bits per heavy atom. The van der Waals surface area contributed by atoms with Gasteiger partial charge in [0.1, 0.15) is 11.6 Å². The van der Waals surface area contributed by atoms with E-state index in [9.17, 15) is 0 Å². The van der Waals surface area contributed by atoms with Crippen LogP contribution in [-0.4, -0.2) is 23.1 Å². The number of anilines is 2. The molecule has 0 saturated carbocycles. The molecule has 0 fully saturated rings. The van der Waals surface area contributed by atoms with E-state index in [2.05, 4.69) is 28.3 Å². The van der Waals surface area contributed by atoms with E-state index >= 15 is 0 Å². The van der Waals surface area contributed by atoms with Crippen molar-refractivity contribution in [1.29, 1.82) is 0 Å². The van der Waals surface area contributed by atoms with Crippen molar-refractivity contribution in [3.8, 4) is 5.75 Å². The summed E-state index contributed by atoms with van der Waals surface area (Å²) in [7, 11) is 0. The van der Waals surface area contributed by atoms with Gasteiger partial charge in [0.05, 0.1) is 6.61 Å². The molecule has 0 unspecified atom stereocenters. The topological polar surface area (TPSA) is 73.1 Å². The molecule has 0 saturated heterocycles. The van der Waals surface area contributed by atoms with E-state index in [-0.39, 0.29) is 0 Å². The second-order valence-electron chi connectivity index (χ2n) is 5.85. The SMILES string of the molecule is CCCCCNc1nc(N)nc(C)c1Cc1ccccc1OCC. The van der Waals surface area contributed by atoms with Crippen molar-refractivity contribution >= 4 is 11.8 Å². The van der Waals surface area contributed by atoms with Crippen LogP contribution in [0.1, 0.15) is 49.9 Å². The molecule has 24 heavy (non-hydrogen) atoms. The number of hydrogen-bond acceptors (Lipinski definition) is 5. The quantitative estimate of drug-likeness (QED) is 0.682. The number of nitrogens with one attached hydrogen (secondary N) is 1. The van der Waals surface area contributed by atoms with Gasteiger partial charge >= 0.3 is 0 Å². The fourth-order valence-electron chi connectivity index (χ4n) is 2.69. The van der Waals surface area contributed by atoms with E-state index in [1.165, 1.54) is 12.8 Å². The standard InChI is InChI=1S/C19H28N4O/c1-4-6-9-12-21-18-16(14(3)22-19(20)23-18)13-15-10-7-8-11-17(15)24-5-2/h7-8,10-11H,4-6,9,12-13H2,1-3H3,(H3,20,21,22,23). The maximum Gasteiger partial charge on any atom is 0.222 e. The maximum absolute atomic E-state index is 5.84. The van der Waals surface area contributed by atoms with Crippen LogP contribution in [0.2, 0.25) is 0 Å². The normalized spacial score (nSPS) is 10.6. The number of nitrogens with two attached hydrogens (primary N) is 1. The first-order valence-corrected chi connectivity index (χ1v) is 8.73. The Morgan fingerprint density at radius 3 is 2.67 bits per heavy atom. The highest BCUT2D eigenvalue weighted by molar-refractivity contribution is 5.52. The summed E-state index contributed by atoms with van der Waals surface area (Å²) in [4.78, 5) is 8.75. The van der Waals surface area contributed by atoms with Gasteiger partial charge in [0.2, 0.25) is 5.95 Å². The number of aryl methyl sites for hydroxylation is 1. The predicted octanol–water partition coefficient (Wildman–Crippen LogP) is 3.96. The van der Waals surface area contributed by atoms with Crippen LogP contribution in [0.15, 0.2) is 24.3 Å². The summed E-state index contributed by atoms with van der Waals surface area (Å²) in [5.74, 6) is 2.06. The molecule has 5 nitrogen and oxygen atoms in total.